The largest absolute Gasteiger partial charge is 0.377 e. The van der Waals surface area contributed by atoms with Gasteiger partial charge < -0.3 is 19.9 Å². The number of alkyl halides is 2. The molecule has 1 amide bonds. The number of anilines is 1. The fourth-order valence-corrected chi connectivity index (χ4v) is 4.31. The lowest BCUT2D eigenvalue weighted by Crippen LogP contribution is -2.55. The van der Waals surface area contributed by atoms with E-state index in [-0.39, 0.29) is 30.1 Å². The first-order valence-corrected chi connectivity index (χ1v) is 10.7. The first-order valence-electron chi connectivity index (χ1n) is 10.7. The van der Waals surface area contributed by atoms with Crippen LogP contribution in [0.2, 0.25) is 0 Å². The van der Waals surface area contributed by atoms with Crippen molar-refractivity contribution in [1.82, 2.24) is 29.5 Å². The summed E-state index contributed by atoms with van der Waals surface area (Å²) in [6, 6.07) is 4.71. The van der Waals surface area contributed by atoms with Gasteiger partial charge in [0.1, 0.15) is 17.0 Å². The summed E-state index contributed by atoms with van der Waals surface area (Å²) in [7, 11) is 1.74. The molecule has 4 aromatic heterocycles. The third-order valence-electron chi connectivity index (χ3n) is 6.43. The van der Waals surface area contributed by atoms with Crippen LogP contribution in [-0.4, -0.2) is 62.3 Å². The zero-order valence-electron chi connectivity index (χ0n) is 17.8. The number of carbonyl (C=O) groups excluding carboxylic acids is 1. The number of pyridine rings is 1. The first-order chi connectivity index (χ1) is 16.0. The molecular weight excluding hydrogens is 432 g/mol. The van der Waals surface area contributed by atoms with E-state index < -0.39 is 17.9 Å². The lowest BCUT2D eigenvalue weighted by atomic mass is 9.88. The molecule has 1 atom stereocenters. The van der Waals surface area contributed by atoms with E-state index in [0.717, 1.165) is 16.6 Å². The van der Waals surface area contributed by atoms with Crippen molar-refractivity contribution in [2.24, 2.45) is 0 Å². The SMILES string of the molecule is CNc1cc(-c2cn(C3COC3)c3ncccc23)nc2c(C(=O)N[C@H]3CCC3(F)F)cnn12. The van der Waals surface area contributed by atoms with Gasteiger partial charge in [0.15, 0.2) is 5.65 Å². The predicted molar refractivity (Wildman–Crippen MR) is 117 cm³/mol. The van der Waals surface area contributed by atoms with Gasteiger partial charge in [-0.1, -0.05) is 0 Å². The number of halogens is 2. The van der Waals surface area contributed by atoms with Gasteiger partial charge in [-0.25, -0.2) is 18.7 Å². The first kappa shape index (κ1) is 20.0. The highest BCUT2D eigenvalue weighted by molar-refractivity contribution is 6.01. The number of hydrogen-bond acceptors (Lipinski definition) is 6. The van der Waals surface area contributed by atoms with Crippen LogP contribution in [0.1, 0.15) is 29.2 Å². The van der Waals surface area contributed by atoms with Gasteiger partial charge in [0.2, 0.25) is 0 Å². The summed E-state index contributed by atoms with van der Waals surface area (Å²) in [4.78, 5) is 22.1. The van der Waals surface area contributed by atoms with E-state index in [1.807, 2.05) is 24.4 Å². The molecule has 0 radical (unpaired) electrons. The second kappa shape index (κ2) is 7.20. The van der Waals surface area contributed by atoms with Crippen LogP contribution in [0.3, 0.4) is 0 Å². The van der Waals surface area contributed by atoms with E-state index in [9.17, 15) is 13.6 Å². The molecule has 0 aromatic carbocycles. The molecular formula is C22H21F2N7O2. The zero-order valence-corrected chi connectivity index (χ0v) is 17.8. The van der Waals surface area contributed by atoms with Gasteiger partial charge in [0.05, 0.1) is 37.2 Å². The Morgan fingerprint density at radius 1 is 1.30 bits per heavy atom. The summed E-state index contributed by atoms with van der Waals surface area (Å²) in [5, 5.41) is 10.7. The predicted octanol–water partition coefficient (Wildman–Crippen LogP) is 2.89. The quantitative estimate of drug-likeness (QED) is 0.482. The van der Waals surface area contributed by atoms with Gasteiger partial charge >= 0.3 is 0 Å². The van der Waals surface area contributed by atoms with Crippen LogP contribution in [0.15, 0.2) is 36.8 Å². The third kappa shape index (κ3) is 3.06. The Morgan fingerprint density at radius 2 is 2.15 bits per heavy atom. The molecule has 11 heteroatoms. The van der Waals surface area contributed by atoms with Crippen LogP contribution in [0, 0.1) is 0 Å². The number of rotatable bonds is 5. The van der Waals surface area contributed by atoms with E-state index in [1.165, 1.54) is 10.7 Å². The van der Waals surface area contributed by atoms with Gasteiger partial charge in [-0.2, -0.15) is 9.61 Å². The second-order valence-corrected chi connectivity index (χ2v) is 8.41. The normalized spacial score (nSPS) is 19.9. The number of ether oxygens (including phenoxy) is 1. The summed E-state index contributed by atoms with van der Waals surface area (Å²) in [6.07, 6.45) is 5.12. The minimum absolute atomic E-state index is 0.144. The Morgan fingerprint density at radius 3 is 2.82 bits per heavy atom. The average molecular weight is 453 g/mol. The molecule has 9 nitrogen and oxygen atoms in total. The molecule has 2 N–H and O–H groups in total. The Balaban J connectivity index is 1.46. The van der Waals surface area contributed by atoms with Crippen LogP contribution < -0.4 is 10.6 Å². The molecule has 33 heavy (non-hydrogen) atoms. The van der Waals surface area contributed by atoms with Gasteiger partial charge in [-0.15, -0.1) is 0 Å². The molecule has 1 saturated carbocycles. The fraction of sp³-hybridized carbons (Fsp3) is 0.364. The molecule has 1 aliphatic carbocycles. The van der Waals surface area contributed by atoms with E-state index in [1.54, 1.807) is 13.2 Å². The number of aromatic nitrogens is 5. The zero-order chi connectivity index (χ0) is 22.7. The molecule has 2 aliphatic rings. The molecule has 170 valence electrons. The van der Waals surface area contributed by atoms with E-state index in [2.05, 4.69) is 25.3 Å². The minimum Gasteiger partial charge on any atom is -0.377 e. The standard InChI is InChI=1S/C22H21F2N7O2/c1-25-18-7-16(15-9-30(12-10-33-11-12)19-13(15)3-2-6-26-19)28-20-14(8-27-31(18)20)21(32)29-17-4-5-22(17,23)24/h2-3,6-9,12,17,25H,4-5,10-11H2,1H3,(H,29,32)/t17-/m0/s1. The van der Waals surface area contributed by atoms with Crippen LogP contribution in [0.5, 0.6) is 0 Å². The third-order valence-corrected chi connectivity index (χ3v) is 6.43. The van der Waals surface area contributed by atoms with Crippen LogP contribution in [0.4, 0.5) is 14.6 Å². The van der Waals surface area contributed by atoms with Crippen LogP contribution in [0.25, 0.3) is 27.9 Å². The van der Waals surface area contributed by atoms with Crippen LogP contribution >= 0.6 is 0 Å². The molecule has 6 rings (SSSR count). The maximum atomic E-state index is 13.7. The number of fused-ring (bicyclic) bond motifs is 2. The van der Waals surface area contributed by atoms with Gasteiger partial charge in [0.25, 0.3) is 11.8 Å². The topological polar surface area (TPSA) is 98.4 Å². The van der Waals surface area contributed by atoms with Crippen molar-refractivity contribution in [3.63, 3.8) is 0 Å². The monoisotopic (exact) mass is 453 g/mol. The smallest absolute Gasteiger partial charge is 0.267 e. The van der Waals surface area contributed by atoms with E-state index in [0.29, 0.717) is 24.7 Å². The fourth-order valence-electron chi connectivity index (χ4n) is 4.31. The van der Waals surface area contributed by atoms with Crippen molar-refractivity contribution in [2.45, 2.75) is 30.8 Å². The molecule has 0 spiro atoms. The van der Waals surface area contributed by atoms with Crippen molar-refractivity contribution in [3.05, 3.63) is 42.4 Å². The lowest BCUT2D eigenvalue weighted by Gasteiger charge is -2.36. The molecule has 0 bridgehead atoms. The number of hydrogen-bond donors (Lipinski definition) is 2. The summed E-state index contributed by atoms with van der Waals surface area (Å²) < 4.78 is 36.3. The second-order valence-electron chi connectivity index (χ2n) is 8.41. The maximum Gasteiger partial charge on any atom is 0.267 e. The van der Waals surface area contributed by atoms with E-state index >= 15 is 0 Å². The van der Waals surface area contributed by atoms with Crippen molar-refractivity contribution < 1.29 is 18.3 Å². The number of amides is 1. The van der Waals surface area contributed by atoms with Crippen molar-refractivity contribution in [3.8, 4) is 11.3 Å². The van der Waals surface area contributed by atoms with Gasteiger partial charge in [-0.05, 0) is 18.6 Å². The Bertz CT molecular complexity index is 1390. The summed E-state index contributed by atoms with van der Waals surface area (Å²) >= 11 is 0. The summed E-state index contributed by atoms with van der Waals surface area (Å²) in [5.41, 5.74) is 2.72. The Kier molecular flexibility index (Phi) is 4.37. The summed E-state index contributed by atoms with van der Waals surface area (Å²) in [5.74, 6) is -2.88. The number of nitrogens with one attached hydrogen (secondary N) is 2. The van der Waals surface area contributed by atoms with Crippen LogP contribution in [-0.2, 0) is 4.74 Å². The van der Waals surface area contributed by atoms with Crippen molar-refractivity contribution in [2.75, 3.05) is 25.6 Å². The van der Waals surface area contributed by atoms with Crippen molar-refractivity contribution >= 4 is 28.4 Å². The Hall–Kier alpha value is -3.60. The molecule has 1 aliphatic heterocycles. The Labute approximate surface area is 186 Å². The molecule has 1 saturated heterocycles. The maximum absolute atomic E-state index is 13.7. The minimum atomic E-state index is -2.88. The molecule has 2 fully saturated rings. The highest BCUT2D eigenvalue weighted by atomic mass is 19.3. The summed E-state index contributed by atoms with van der Waals surface area (Å²) in [6.45, 7) is 1.24. The lowest BCUT2D eigenvalue weighted by molar-refractivity contribution is -0.102. The molecule has 0 unspecified atom stereocenters. The molecule has 4 aromatic rings. The number of carbonyl (C=O) groups is 1. The van der Waals surface area contributed by atoms with E-state index in [4.69, 9.17) is 9.72 Å². The highest BCUT2D eigenvalue weighted by Gasteiger charge is 2.49. The van der Waals surface area contributed by atoms with Gasteiger partial charge in [0, 0.05) is 42.9 Å². The average Bonchev–Trinajstić information content (AvgIpc) is 3.37. The van der Waals surface area contributed by atoms with Gasteiger partial charge in [-0.3, -0.25) is 4.79 Å². The van der Waals surface area contributed by atoms with Crippen molar-refractivity contribution in [1.29, 1.82) is 0 Å². The highest BCUT2D eigenvalue weighted by Crippen LogP contribution is 2.38. The number of nitrogens with zero attached hydrogens (tertiary/aromatic N) is 5. The molecule has 5 heterocycles.